The highest BCUT2D eigenvalue weighted by Crippen LogP contribution is 2.23. The first-order valence-electron chi connectivity index (χ1n) is 6.40. The molecule has 1 saturated heterocycles. The maximum Gasteiger partial charge on any atom is 0.267 e. The maximum atomic E-state index is 12.6. The van der Waals surface area contributed by atoms with Gasteiger partial charge in [0.15, 0.2) is 0 Å². The summed E-state index contributed by atoms with van der Waals surface area (Å²) in [5.74, 6) is 0.107. The third kappa shape index (κ3) is 2.93. The second kappa shape index (κ2) is 5.94. The molecule has 2 atom stereocenters. The van der Waals surface area contributed by atoms with Crippen LogP contribution in [0.3, 0.4) is 0 Å². The van der Waals surface area contributed by atoms with Crippen LogP contribution < -0.4 is 0 Å². The Morgan fingerprint density at radius 3 is 3.00 bits per heavy atom. The van der Waals surface area contributed by atoms with E-state index in [2.05, 4.69) is 9.59 Å². The van der Waals surface area contributed by atoms with Crippen molar-refractivity contribution in [1.82, 2.24) is 14.5 Å². The van der Waals surface area contributed by atoms with Gasteiger partial charge in [0.1, 0.15) is 4.88 Å². The van der Waals surface area contributed by atoms with Gasteiger partial charge < -0.3 is 14.7 Å². The molecule has 6 nitrogen and oxygen atoms in total. The van der Waals surface area contributed by atoms with Crippen LogP contribution in [0.1, 0.15) is 42.1 Å². The third-order valence-corrected chi connectivity index (χ3v) is 3.95. The molecular weight excluding hydrogens is 266 g/mol. The smallest absolute Gasteiger partial charge is 0.267 e. The quantitative estimate of drug-likeness (QED) is 0.892. The fourth-order valence-corrected chi connectivity index (χ4v) is 2.84. The van der Waals surface area contributed by atoms with Crippen molar-refractivity contribution < 1.29 is 14.6 Å². The lowest BCUT2D eigenvalue weighted by Crippen LogP contribution is -2.52. The lowest BCUT2D eigenvalue weighted by molar-refractivity contribution is -0.0666. The van der Waals surface area contributed by atoms with Crippen molar-refractivity contribution in [3.63, 3.8) is 0 Å². The maximum absolute atomic E-state index is 12.6. The van der Waals surface area contributed by atoms with Crippen molar-refractivity contribution >= 4 is 17.4 Å². The summed E-state index contributed by atoms with van der Waals surface area (Å²) in [6, 6.07) is -0.00240. The first-order chi connectivity index (χ1) is 9.04. The van der Waals surface area contributed by atoms with Crippen LogP contribution in [0, 0.1) is 0 Å². The van der Waals surface area contributed by atoms with Crippen LogP contribution in [0.5, 0.6) is 0 Å². The van der Waals surface area contributed by atoms with E-state index in [0.29, 0.717) is 18.0 Å². The van der Waals surface area contributed by atoms with Crippen molar-refractivity contribution in [2.24, 2.45) is 0 Å². The first-order valence-corrected chi connectivity index (χ1v) is 7.17. The average Bonchev–Trinajstić information content (AvgIpc) is 2.88. The molecule has 1 aromatic rings. The number of carbonyl (C=O) groups excluding carboxylic acids is 1. The SMILES string of the molecule is CC(C)c1nnsc1C(=O)N1CC(CO)OCC1C. The molecule has 0 radical (unpaired) electrons. The van der Waals surface area contributed by atoms with E-state index in [4.69, 9.17) is 9.84 Å². The molecule has 0 aliphatic carbocycles. The number of morpholine rings is 1. The first kappa shape index (κ1) is 14.4. The summed E-state index contributed by atoms with van der Waals surface area (Å²) in [6.45, 7) is 6.70. The van der Waals surface area contributed by atoms with E-state index in [9.17, 15) is 4.79 Å². The highest BCUT2D eigenvalue weighted by Gasteiger charge is 2.32. The van der Waals surface area contributed by atoms with E-state index >= 15 is 0 Å². The van der Waals surface area contributed by atoms with Gasteiger partial charge >= 0.3 is 0 Å². The Bertz CT molecular complexity index is 449. The minimum atomic E-state index is -0.302. The molecule has 0 saturated carbocycles. The van der Waals surface area contributed by atoms with Gasteiger partial charge in [0.2, 0.25) is 0 Å². The van der Waals surface area contributed by atoms with Crippen molar-refractivity contribution in [2.75, 3.05) is 19.8 Å². The molecule has 19 heavy (non-hydrogen) atoms. The normalized spacial score (nSPS) is 23.9. The number of amides is 1. The lowest BCUT2D eigenvalue weighted by atomic mass is 10.1. The van der Waals surface area contributed by atoms with Gasteiger partial charge in [-0.15, -0.1) is 5.10 Å². The van der Waals surface area contributed by atoms with E-state index in [1.54, 1.807) is 4.90 Å². The number of hydrogen-bond donors (Lipinski definition) is 1. The van der Waals surface area contributed by atoms with Crippen LogP contribution in [-0.4, -0.2) is 57.4 Å². The van der Waals surface area contributed by atoms with E-state index in [1.807, 2.05) is 20.8 Å². The molecule has 1 N–H and O–H groups in total. The third-order valence-electron chi connectivity index (χ3n) is 3.22. The van der Waals surface area contributed by atoms with Crippen LogP contribution in [0.2, 0.25) is 0 Å². The Balaban J connectivity index is 2.20. The number of aliphatic hydroxyl groups excluding tert-OH is 1. The molecule has 1 amide bonds. The average molecular weight is 285 g/mol. The number of rotatable bonds is 3. The van der Waals surface area contributed by atoms with E-state index < -0.39 is 0 Å². The number of ether oxygens (including phenoxy) is 1. The molecule has 1 aromatic heterocycles. The largest absolute Gasteiger partial charge is 0.394 e. The predicted octanol–water partition coefficient (Wildman–Crippen LogP) is 0.883. The van der Waals surface area contributed by atoms with Gasteiger partial charge in [-0.2, -0.15) is 0 Å². The molecule has 2 heterocycles. The predicted molar refractivity (Wildman–Crippen MR) is 71.3 cm³/mol. The summed E-state index contributed by atoms with van der Waals surface area (Å²) < 4.78 is 9.33. The molecule has 1 fully saturated rings. The molecule has 1 aliphatic rings. The minimum absolute atomic E-state index is 0.00240. The topological polar surface area (TPSA) is 75.6 Å². The van der Waals surface area contributed by atoms with Crippen molar-refractivity contribution in [2.45, 2.75) is 38.8 Å². The van der Waals surface area contributed by atoms with Crippen molar-refractivity contribution in [3.8, 4) is 0 Å². The Morgan fingerprint density at radius 1 is 1.63 bits per heavy atom. The van der Waals surface area contributed by atoms with E-state index in [1.165, 1.54) is 0 Å². The fraction of sp³-hybridized carbons (Fsp3) is 0.750. The van der Waals surface area contributed by atoms with Gasteiger partial charge in [0.25, 0.3) is 5.91 Å². The molecule has 0 spiro atoms. The summed E-state index contributed by atoms with van der Waals surface area (Å²) in [5, 5.41) is 13.2. The Kier molecular flexibility index (Phi) is 4.49. The Morgan fingerprint density at radius 2 is 2.37 bits per heavy atom. The Hall–Kier alpha value is -1.05. The van der Waals surface area contributed by atoms with Gasteiger partial charge in [-0.1, -0.05) is 18.3 Å². The Labute approximate surface area is 116 Å². The molecule has 106 valence electrons. The summed E-state index contributed by atoms with van der Waals surface area (Å²) in [7, 11) is 0. The van der Waals surface area contributed by atoms with Crippen molar-refractivity contribution in [1.29, 1.82) is 0 Å². The molecule has 2 unspecified atom stereocenters. The van der Waals surface area contributed by atoms with Crippen LogP contribution >= 0.6 is 11.5 Å². The molecule has 0 aromatic carbocycles. The monoisotopic (exact) mass is 285 g/mol. The highest BCUT2D eigenvalue weighted by atomic mass is 32.1. The standard InChI is InChI=1S/C12H19N3O3S/c1-7(2)10-11(19-14-13-10)12(17)15-4-9(5-16)18-6-8(15)3/h7-9,16H,4-6H2,1-3H3. The van der Waals surface area contributed by atoms with Gasteiger partial charge in [-0.3, -0.25) is 4.79 Å². The number of carbonyl (C=O) groups is 1. The molecule has 1 aliphatic heterocycles. The van der Waals surface area contributed by atoms with E-state index in [-0.39, 0.29) is 30.6 Å². The summed E-state index contributed by atoms with van der Waals surface area (Å²) in [6.07, 6.45) is -0.302. The number of hydrogen-bond acceptors (Lipinski definition) is 6. The van der Waals surface area contributed by atoms with Gasteiger partial charge in [0, 0.05) is 6.54 Å². The second-order valence-corrected chi connectivity index (χ2v) is 5.84. The number of nitrogens with zero attached hydrogens (tertiary/aromatic N) is 3. The van der Waals surface area contributed by atoms with Gasteiger partial charge in [-0.05, 0) is 24.4 Å². The highest BCUT2D eigenvalue weighted by molar-refractivity contribution is 7.08. The summed E-state index contributed by atoms with van der Waals surface area (Å²) >= 11 is 1.13. The lowest BCUT2D eigenvalue weighted by Gasteiger charge is -2.37. The van der Waals surface area contributed by atoms with Crippen LogP contribution in [-0.2, 0) is 4.74 Å². The molecule has 7 heteroatoms. The minimum Gasteiger partial charge on any atom is -0.394 e. The molecular formula is C12H19N3O3S. The second-order valence-electron chi connectivity index (χ2n) is 5.09. The number of aliphatic hydroxyl groups is 1. The van der Waals surface area contributed by atoms with Crippen LogP contribution in [0.4, 0.5) is 0 Å². The summed E-state index contributed by atoms with van der Waals surface area (Å²) in [4.78, 5) is 14.9. The zero-order valence-electron chi connectivity index (χ0n) is 11.4. The van der Waals surface area contributed by atoms with Crippen LogP contribution in [0.25, 0.3) is 0 Å². The fourth-order valence-electron chi connectivity index (χ4n) is 2.06. The molecule has 2 rings (SSSR count). The summed E-state index contributed by atoms with van der Waals surface area (Å²) in [5.41, 5.74) is 0.745. The molecule has 0 bridgehead atoms. The van der Waals surface area contributed by atoms with Gasteiger partial charge in [0.05, 0.1) is 31.1 Å². The van der Waals surface area contributed by atoms with Crippen molar-refractivity contribution in [3.05, 3.63) is 10.6 Å². The van der Waals surface area contributed by atoms with Crippen LogP contribution in [0.15, 0.2) is 0 Å². The van der Waals surface area contributed by atoms with Gasteiger partial charge in [-0.25, -0.2) is 0 Å². The zero-order valence-corrected chi connectivity index (χ0v) is 12.2. The van der Waals surface area contributed by atoms with E-state index in [0.717, 1.165) is 17.2 Å². The zero-order chi connectivity index (χ0) is 14.0. The number of aromatic nitrogens is 2.